The molecule has 0 atom stereocenters. The van der Waals surface area contributed by atoms with Crippen molar-refractivity contribution in [3.8, 4) is 0 Å². The van der Waals surface area contributed by atoms with Gasteiger partial charge in [0.1, 0.15) is 0 Å². The van der Waals surface area contributed by atoms with E-state index < -0.39 is 42.1 Å². The molecule has 1 aromatic carbocycles. The van der Waals surface area contributed by atoms with E-state index >= 15 is 0 Å². The van der Waals surface area contributed by atoms with Crippen molar-refractivity contribution in [2.45, 2.75) is 45.2 Å². The minimum Gasteiger partial charge on any atom is -0.461 e. The number of halogens is 6. The summed E-state index contributed by atoms with van der Waals surface area (Å²) in [6, 6.07) is 2.74. The minimum absolute atomic E-state index is 0.0421. The van der Waals surface area contributed by atoms with Crippen molar-refractivity contribution in [1.82, 2.24) is 14.7 Å². The van der Waals surface area contributed by atoms with Crippen LogP contribution < -0.4 is 0 Å². The SMILES string of the molecule is CCOC(=O)c1cc2n(n1)CCCN(C(=O)OCCc1cc(C(F)(F)F)cc(C(F)(F)F)c1)C2. The number of aryl methyl sites for hydroxylation is 1. The molecule has 1 aliphatic heterocycles. The van der Waals surface area contributed by atoms with Crippen molar-refractivity contribution in [2.75, 3.05) is 19.8 Å². The molecule has 186 valence electrons. The van der Waals surface area contributed by atoms with E-state index in [-0.39, 0.29) is 36.9 Å². The number of carbonyl (C=O) groups is 2. The van der Waals surface area contributed by atoms with E-state index in [1.165, 1.54) is 11.0 Å². The largest absolute Gasteiger partial charge is 0.461 e. The van der Waals surface area contributed by atoms with Gasteiger partial charge in [-0.3, -0.25) is 4.68 Å². The van der Waals surface area contributed by atoms with Gasteiger partial charge in [-0.2, -0.15) is 31.4 Å². The van der Waals surface area contributed by atoms with Gasteiger partial charge in [0.15, 0.2) is 5.69 Å². The second-order valence-electron chi connectivity index (χ2n) is 7.52. The molecule has 0 aliphatic carbocycles. The molecule has 3 rings (SSSR count). The Morgan fingerprint density at radius 3 is 2.21 bits per heavy atom. The van der Waals surface area contributed by atoms with Crippen LogP contribution in [0.3, 0.4) is 0 Å². The molecule has 0 N–H and O–H groups in total. The van der Waals surface area contributed by atoms with E-state index in [9.17, 15) is 35.9 Å². The Morgan fingerprint density at radius 1 is 0.971 bits per heavy atom. The van der Waals surface area contributed by atoms with Crippen molar-refractivity contribution in [2.24, 2.45) is 0 Å². The molecule has 0 bridgehead atoms. The van der Waals surface area contributed by atoms with Crippen LogP contribution in [0.2, 0.25) is 0 Å². The number of ether oxygens (including phenoxy) is 2. The third kappa shape index (κ3) is 6.20. The maximum absolute atomic E-state index is 13.0. The van der Waals surface area contributed by atoms with Gasteiger partial charge in [0.05, 0.1) is 36.6 Å². The van der Waals surface area contributed by atoms with Crippen LogP contribution in [0.4, 0.5) is 31.1 Å². The molecule has 0 saturated carbocycles. The van der Waals surface area contributed by atoms with Crippen LogP contribution >= 0.6 is 0 Å². The first-order chi connectivity index (χ1) is 15.9. The van der Waals surface area contributed by atoms with Gasteiger partial charge < -0.3 is 14.4 Å². The van der Waals surface area contributed by atoms with E-state index in [2.05, 4.69) is 5.10 Å². The normalized spacial score (nSPS) is 14.4. The topological polar surface area (TPSA) is 73.7 Å². The molecule has 1 aromatic heterocycles. The van der Waals surface area contributed by atoms with E-state index in [1.54, 1.807) is 11.6 Å². The highest BCUT2D eigenvalue weighted by molar-refractivity contribution is 5.87. The Bertz CT molecular complexity index is 1020. The summed E-state index contributed by atoms with van der Waals surface area (Å²) in [4.78, 5) is 25.7. The highest BCUT2D eigenvalue weighted by Gasteiger charge is 2.36. The lowest BCUT2D eigenvalue weighted by atomic mass is 10.0. The van der Waals surface area contributed by atoms with Crippen molar-refractivity contribution in [3.05, 3.63) is 52.3 Å². The minimum atomic E-state index is -4.95. The highest BCUT2D eigenvalue weighted by atomic mass is 19.4. The molecule has 7 nitrogen and oxygen atoms in total. The number of benzene rings is 1. The Balaban J connectivity index is 1.64. The number of hydrogen-bond acceptors (Lipinski definition) is 5. The predicted molar refractivity (Wildman–Crippen MR) is 105 cm³/mol. The maximum Gasteiger partial charge on any atom is 0.416 e. The summed E-state index contributed by atoms with van der Waals surface area (Å²) >= 11 is 0. The summed E-state index contributed by atoms with van der Waals surface area (Å²) in [7, 11) is 0. The summed E-state index contributed by atoms with van der Waals surface area (Å²) < 4.78 is 89.5. The van der Waals surface area contributed by atoms with Gasteiger partial charge in [0.25, 0.3) is 0 Å². The standard InChI is InChI=1S/C21H21F6N3O4/c1-2-33-18(31)17-11-16-12-29(5-3-6-30(16)28-17)19(32)34-7-4-13-8-14(20(22,23)24)10-15(9-13)21(25,26)27/h8-11H,2-7,12H2,1H3. The number of alkyl halides is 6. The Morgan fingerprint density at radius 2 is 1.62 bits per heavy atom. The van der Waals surface area contributed by atoms with Crippen LogP contribution in [-0.4, -0.2) is 46.5 Å². The molecule has 0 radical (unpaired) electrons. The molecule has 0 spiro atoms. The number of amides is 1. The number of carbonyl (C=O) groups excluding carboxylic acids is 2. The van der Waals surface area contributed by atoms with Crippen LogP contribution in [0.1, 0.15) is 46.2 Å². The fourth-order valence-electron chi connectivity index (χ4n) is 3.43. The van der Waals surface area contributed by atoms with Gasteiger partial charge in [-0.1, -0.05) is 0 Å². The molecule has 34 heavy (non-hydrogen) atoms. The first-order valence-electron chi connectivity index (χ1n) is 10.3. The number of nitrogens with zero attached hydrogens (tertiary/aromatic N) is 3. The smallest absolute Gasteiger partial charge is 0.416 e. The average Bonchev–Trinajstić information content (AvgIpc) is 3.04. The third-order valence-electron chi connectivity index (χ3n) is 5.02. The molecule has 1 aliphatic rings. The van der Waals surface area contributed by atoms with Crippen molar-refractivity contribution in [3.63, 3.8) is 0 Å². The van der Waals surface area contributed by atoms with Crippen LogP contribution in [0, 0.1) is 0 Å². The van der Waals surface area contributed by atoms with Crippen LogP contribution in [-0.2, 0) is 41.3 Å². The quantitative estimate of drug-likeness (QED) is 0.447. The fourth-order valence-corrected chi connectivity index (χ4v) is 3.43. The predicted octanol–water partition coefficient (Wildman–Crippen LogP) is 4.68. The van der Waals surface area contributed by atoms with Gasteiger partial charge in [0, 0.05) is 19.5 Å². The second-order valence-corrected chi connectivity index (χ2v) is 7.52. The van der Waals surface area contributed by atoms with Gasteiger partial charge in [-0.25, -0.2) is 9.59 Å². The first kappa shape index (κ1) is 25.4. The second kappa shape index (κ2) is 9.94. The molecule has 0 unspecified atom stereocenters. The molecular formula is C21H21F6N3O4. The summed E-state index contributed by atoms with van der Waals surface area (Å²) in [5.41, 5.74) is -2.46. The van der Waals surface area contributed by atoms with Crippen molar-refractivity contribution in [1.29, 1.82) is 0 Å². The van der Waals surface area contributed by atoms with Crippen LogP contribution in [0.25, 0.3) is 0 Å². The zero-order valence-electron chi connectivity index (χ0n) is 18.0. The number of fused-ring (bicyclic) bond motifs is 1. The third-order valence-corrected chi connectivity index (χ3v) is 5.02. The molecule has 1 amide bonds. The Labute approximate surface area is 190 Å². The Kier molecular flexibility index (Phi) is 7.41. The van der Waals surface area contributed by atoms with Crippen molar-refractivity contribution < 1.29 is 45.4 Å². The maximum atomic E-state index is 13.0. The van der Waals surface area contributed by atoms with E-state index in [0.717, 1.165) is 0 Å². The zero-order valence-corrected chi connectivity index (χ0v) is 18.0. The Hall–Kier alpha value is -3.25. The van der Waals surface area contributed by atoms with Gasteiger partial charge in [0.2, 0.25) is 0 Å². The highest BCUT2D eigenvalue weighted by Crippen LogP contribution is 2.36. The zero-order chi connectivity index (χ0) is 25.1. The summed E-state index contributed by atoms with van der Waals surface area (Å²) in [5.74, 6) is -0.600. The van der Waals surface area contributed by atoms with E-state index in [1.807, 2.05) is 0 Å². The lowest BCUT2D eigenvalue weighted by Gasteiger charge is -2.19. The summed E-state index contributed by atoms with van der Waals surface area (Å²) in [6.07, 6.45) is -10.5. The van der Waals surface area contributed by atoms with Gasteiger partial charge >= 0.3 is 24.4 Å². The van der Waals surface area contributed by atoms with Gasteiger partial charge in [-0.15, -0.1) is 0 Å². The summed E-state index contributed by atoms with van der Waals surface area (Å²) in [6.45, 7) is 2.20. The average molecular weight is 493 g/mol. The van der Waals surface area contributed by atoms with E-state index in [0.29, 0.717) is 37.3 Å². The van der Waals surface area contributed by atoms with Crippen molar-refractivity contribution >= 4 is 12.1 Å². The fraction of sp³-hybridized carbons (Fsp3) is 0.476. The van der Waals surface area contributed by atoms with Gasteiger partial charge in [-0.05, 0) is 43.2 Å². The van der Waals surface area contributed by atoms with E-state index in [4.69, 9.17) is 9.47 Å². The molecule has 13 heteroatoms. The molecule has 0 fully saturated rings. The number of aromatic nitrogens is 2. The summed E-state index contributed by atoms with van der Waals surface area (Å²) in [5, 5.41) is 4.16. The number of rotatable bonds is 5. The number of hydrogen-bond donors (Lipinski definition) is 0. The van der Waals surface area contributed by atoms with Crippen LogP contribution in [0.15, 0.2) is 24.3 Å². The molecular weight excluding hydrogens is 472 g/mol. The van der Waals surface area contributed by atoms with Crippen LogP contribution in [0.5, 0.6) is 0 Å². The lowest BCUT2D eigenvalue weighted by molar-refractivity contribution is -0.143. The number of esters is 1. The monoisotopic (exact) mass is 493 g/mol. The molecule has 2 heterocycles. The molecule has 2 aromatic rings. The first-order valence-corrected chi connectivity index (χ1v) is 10.3. The lowest BCUT2D eigenvalue weighted by Crippen LogP contribution is -2.31. The molecule has 0 saturated heterocycles.